The highest BCUT2D eigenvalue weighted by Crippen LogP contribution is 2.22. The van der Waals surface area contributed by atoms with Crippen molar-refractivity contribution in [3.8, 4) is 0 Å². The number of imidazole rings is 1. The lowest BCUT2D eigenvalue weighted by atomic mass is 10.1. The van der Waals surface area contributed by atoms with Crippen molar-refractivity contribution in [3.05, 3.63) is 65.8 Å². The number of nitrogens with one attached hydrogen (secondary N) is 1. The molecule has 1 aliphatic rings. The lowest BCUT2D eigenvalue weighted by molar-refractivity contribution is 0.128. The van der Waals surface area contributed by atoms with Crippen LogP contribution in [0, 0.1) is 0 Å². The molecule has 1 N–H and O–H groups in total. The molecule has 0 aliphatic carbocycles. The summed E-state index contributed by atoms with van der Waals surface area (Å²) < 4.78 is 7.55. The van der Waals surface area contributed by atoms with Crippen LogP contribution in [0.4, 0.5) is 0 Å². The molecule has 0 amide bonds. The summed E-state index contributed by atoms with van der Waals surface area (Å²) >= 11 is 0. The third-order valence-electron chi connectivity index (χ3n) is 4.56. The molecule has 4 rings (SSSR count). The van der Waals surface area contributed by atoms with Crippen LogP contribution in [0.15, 0.2) is 47.2 Å². The van der Waals surface area contributed by atoms with Crippen LogP contribution in [0.5, 0.6) is 0 Å². The second-order valence-electron chi connectivity index (χ2n) is 6.35. The highest BCUT2D eigenvalue weighted by Gasteiger charge is 2.28. The van der Waals surface area contributed by atoms with E-state index in [0.717, 1.165) is 31.3 Å². The van der Waals surface area contributed by atoms with E-state index in [0.29, 0.717) is 18.9 Å². The van der Waals surface area contributed by atoms with Crippen LogP contribution in [0.2, 0.25) is 0 Å². The quantitative estimate of drug-likeness (QED) is 0.761. The van der Waals surface area contributed by atoms with Crippen molar-refractivity contribution in [2.75, 3.05) is 19.6 Å². The number of rotatable bonds is 5. The minimum absolute atomic E-state index is 0.207. The Bertz CT molecular complexity index is 812. The van der Waals surface area contributed by atoms with Crippen LogP contribution in [0.1, 0.15) is 29.1 Å². The molecule has 0 radical (unpaired) electrons. The molecule has 3 aromatic rings. The second kappa shape index (κ2) is 7.16. The Morgan fingerprint density at radius 3 is 2.96 bits per heavy atom. The first kappa shape index (κ1) is 16.0. The van der Waals surface area contributed by atoms with Gasteiger partial charge in [-0.1, -0.05) is 35.5 Å². The molecule has 1 aromatic carbocycles. The standard InChI is InChI=1S/C18H22N6O/c1-23-9-8-20-18(23)15-12-19-7-10-24(15)13-17-21-16(22-25-17)11-14-5-3-2-4-6-14/h2-6,8-9,15,19H,7,10-13H2,1H3. The van der Waals surface area contributed by atoms with Crippen molar-refractivity contribution < 1.29 is 4.52 Å². The van der Waals surface area contributed by atoms with E-state index in [1.807, 2.05) is 37.6 Å². The minimum atomic E-state index is 0.207. The van der Waals surface area contributed by atoms with Crippen molar-refractivity contribution >= 4 is 0 Å². The van der Waals surface area contributed by atoms with E-state index in [4.69, 9.17) is 4.52 Å². The van der Waals surface area contributed by atoms with Crippen LogP contribution in [0.3, 0.4) is 0 Å². The van der Waals surface area contributed by atoms with Gasteiger partial charge in [-0.15, -0.1) is 0 Å². The summed E-state index contributed by atoms with van der Waals surface area (Å²) in [6.07, 6.45) is 4.51. The Hall–Kier alpha value is -2.51. The maximum Gasteiger partial charge on any atom is 0.240 e. The average Bonchev–Trinajstić information content (AvgIpc) is 3.25. The molecule has 130 valence electrons. The molecule has 0 spiro atoms. The first-order chi connectivity index (χ1) is 12.3. The molecule has 25 heavy (non-hydrogen) atoms. The summed E-state index contributed by atoms with van der Waals surface area (Å²) in [5.41, 5.74) is 1.18. The van der Waals surface area contributed by atoms with Gasteiger partial charge >= 0.3 is 0 Å². The zero-order valence-corrected chi connectivity index (χ0v) is 14.3. The monoisotopic (exact) mass is 338 g/mol. The van der Waals surface area contributed by atoms with Gasteiger partial charge in [-0.3, -0.25) is 4.90 Å². The molecule has 2 aromatic heterocycles. The van der Waals surface area contributed by atoms with Gasteiger partial charge in [0, 0.05) is 45.5 Å². The smallest absolute Gasteiger partial charge is 0.240 e. The van der Waals surface area contributed by atoms with E-state index in [2.05, 4.69) is 42.0 Å². The van der Waals surface area contributed by atoms with Crippen LogP contribution >= 0.6 is 0 Å². The van der Waals surface area contributed by atoms with E-state index in [1.54, 1.807) is 0 Å². The molecule has 0 bridgehead atoms. The third kappa shape index (κ3) is 3.62. The Morgan fingerprint density at radius 1 is 1.28 bits per heavy atom. The average molecular weight is 338 g/mol. The second-order valence-corrected chi connectivity index (χ2v) is 6.35. The van der Waals surface area contributed by atoms with Gasteiger partial charge in [0.1, 0.15) is 5.82 Å². The predicted molar refractivity (Wildman–Crippen MR) is 92.8 cm³/mol. The van der Waals surface area contributed by atoms with Gasteiger partial charge < -0.3 is 14.4 Å². The van der Waals surface area contributed by atoms with Crippen molar-refractivity contribution in [1.29, 1.82) is 0 Å². The highest BCUT2D eigenvalue weighted by atomic mass is 16.5. The molecule has 1 unspecified atom stereocenters. The third-order valence-corrected chi connectivity index (χ3v) is 4.56. The van der Waals surface area contributed by atoms with Crippen molar-refractivity contribution in [2.24, 2.45) is 7.05 Å². The van der Waals surface area contributed by atoms with Gasteiger partial charge in [0.15, 0.2) is 5.82 Å². The number of nitrogens with zero attached hydrogens (tertiary/aromatic N) is 5. The molecule has 7 heteroatoms. The Morgan fingerprint density at radius 2 is 2.16 bits per heavy atom. The van der Waals surface area contributed by atoms with Crippen LogP contribution in [0.25, 0.3) is 0 Å². The van der Waals surface area contributed by atoms with Crippen molar-refractivity contribution in [2.45, 2.75) is 19.0 Å². The number of benzene rings is 1. The Labute approximate surface area is 146 Å². The SMILES string of the molecule is Cn1ccnc1C1CNCCN1Cc1nc(Cc2ccccc2)no1. The normalized spacial score (nSPS) is 18.5. The lowest BCUT2D eigenvalue weighted by Crippen LogP contribution is -2.46. The number of aryl methyl sites for hydroxylation is 1. The van der Waals surface area contributed by atoms with Gasteiger partial charge in [-0.25, -0.2) is 4.98 Å². The fourth-order valence-corrected chi connectivity index (χ4v) is 3.27. The summed E-state index contributed by atoms with van der Waals surface area (Å²) in [6.45, 7) is 3.39. The van der Waals surface area contributed by atoms with E-state index in [-0.39, 0.29) is 6.04 Å². The number of hydrogen-bond acceptors (Lipinski definition) is 6. The summed E-state index contributed by atoms with van der Waals surface area (Å²) in [5.74, 6) is 2.44. The number of aromatic nitrogens is 4. The predicted octanol–water partition coefficient (Wildman–Crippen LogP) is 1.54. The van der Waals surface area contributed by atoms with Gasteiger partial charge in [-0.2, -0.15) is 4.98 Å². The van der Waals surface area contributed by atoms with Gasteiger partial charge in [0.25, 0.3) is 0 Å². The maximum absolute atomic E-state index is 5.49. The summed E-state index contributed by atoms with van der Waals surface area (Å²) in [7, 11) is 2.03. The number of piperazine rings is 1. The molecule has 1 aliphatic heterocycles. The largest absolute Gasteiger partial charge is 0.338 e. The van der Waals surface area contributed by atoms with E-state index >= 15 is 0 Å². The molecular weight excluding hydrogens is 316 g/mol. The zero-order chi connectivity index (χ0) is 17.1. The summed E-state index contributed by atoms with van der Waals surface area (Å²) in [6, 6.07) is 10.4. The molecule has 1 fully saturated rings. The topological polar surface area (TPSA) is 72.0 Å². The fourth-order valence-electron chi connectivity index (χ4n) is 3.27. The molecule has 7 nitrogen and oxygen atoms in total. The van der Waals surface area contributed by atoms with E-state index in [9.17, 15) is 0 Å². The molecule has 3 heterocycles. The van der Waals surface area contributed by atoms with Gasteiger partial charge in [-0.05, 0) is 5.56 Å². The molecule has 1 atom stereocenters. The highest BCUT2D eigenvalue weighted by molar-refractivity contribution is 5.18. The van der Waals surface area contributed by atoms with E-state index < -0.39 is 0 Å². The molecule has 1 saturated heterocycles. The van der Waals surface area contributed by atoms with Crippen LogP contribution in [-0.2, 0) is 20.0 Å². The van der Waals surface area contributed by atoms with Crippen molar-refractivity contribution in [3.63, 3.8) is 0 Å². The molecule has 0 saturated carbocycles. The zero-order valence-electron chi connectivity index (χ0n) is 14.3. The lowest BCUT2D eigenvalue weighted by Gasteiger charge is -2.34. The molecular formula is C18H22N6O. The van der Waals surface area contributed by atoms with Gasteiger partial charge in [0.2, 0.25) is 5.89 Å². The first-order valence-electron chi connectivity index (χ1n) is 8.57. The maximum atomic E-state index is 5.49. The first-order valence-corrected chi connectivity index (χ1v) is 8.57. The Kier molecular flexibility index (Phi) is 4.58. The van der Waals surface area contributed by atoms with Crippen molar-refractivity contribution in [1.82, 2.24) is 29.9 Å². The number of hydrogen-bond donors (Lipinski definition) is 1. The van der Waals surface area contributed by atoms with E-state index in [1.165, 1.54) is 5.56 Å². The fraction of sp³-hybridized carbons (Fsp3) is 0.389. The van der Waals surface area contributed by atoms with Gasteiger partial charge in [0.05, 0.1) is 12.6 Å². The van der Waals surface area contributed by atoms with Crippen LogP contribution < -0.4 is 5.32 Å². The summed E-state index contributed by atoms with van der Waals surface area (Å²) in [5, 5.41) is 7.58. The Balaban J connectivity index is 1.46. The summed E-state index contributed by atoms with van der Waals surface area (Å²) in [4.78, 5) is 11.4. The van der Waals surface area contributed by atoms with Crippen LogP contribution in [-0.4, -0.2) is 44.2 Å². The minimum Gasteiger partial charge on any atom is -0.338 e.